The van der Waals surface area contributed by atoms with Gasteiger partial charge in [0, 0.05) is 17.3 Å². The van der Waals surface area contributed by atoms with E-state index in [-0.39, 0.29) is 6.04 Å². The Bertz CT molecular complexity index is 408. The average molecular weight is 204 g/mol. The Morgan fingerprint density at radius 1 is 1.43 bits per heavy atom. The van der Waals surface area contributed by atoms with Crippen molar-refractivity contribution in [3.05, 3.63) is 52.0 Å². The molecular weight excluding hydrogens is 192 g/mol. The molecule has 0 saturated carbocycles. The first-order valence-corrected chi connectivity index (χ1v) is 5.36. The topological polar surface area (TPSA) is 38.9 Å². The van der Waals surface area contributed by atoms with E-state index in [9.17, 15) is 0 Å². The standard InChI is InChI=1S/C11H12N2S/c1-8-10(4-6-14-8)11(12)9-3-2-5-13-7-9/h2-7,11H,12H2,1H3. The first-order chi connectivity index (χ1) is 6.79. The van der Waals surface area contributed by atoms with Crippen LogP contribution in [0.3, 0.4) is 0 Å². The van der Waals surface area contributed by atoms with E-state index in [1.165, 1.54) is 10.4 Å². The van der Waals surface area contributed by atoms with E-state index in [2.05, 4.69) is 23.4 Å². The second kappa shape index (κ2) is 3.90. The normalized spacial score (nSPS) is 12.7. The summed E-state index contributed by atoms with van der Waals surface area (Å²) in [4.78, 5) is 5.35. The number of thiophene rings is 1. The fourth-order valence-corrected chi connectivity index (χ4v) is 2.21. The van der Waals surface area contributed by atoms with Crippen molar-refractivity contribution in [2.24, 2.45) is 5.73 Å². The van der Waals surface area contributed by atoms with Crippen LogP contribution in [0.25, 0.3) is 0 Å². The molecule has 2 heterocycles. The van der Waals surface area contributed by atoms with E-state index in [0.717, 1.165) is 5.56 Å². The Morgan fingerprint density at radius 3 is 2.86 bits per heavy atom. The molecular formula is C11H12N2S. The van der Waals surface area contributed by atoms with Crippen molar-refractivity contribution in [3.63, 3.8) is 0 Å². The van der Waals surface area contributed by atoms with Gasteiger partial charge in [0.1, 0.15) is 0 Å². The number of nitrogens with two attached hydrogens (primary N) is 1. The number of hydrogen-bond acceptors (Lipinski definition) is 3. The molecule has 2 rings (SSSR count). The Kier molecular flexibility index (Phi) is 2.61. The number of rotatable bonds is 2. The number of aryl methyl sites for hydroxylation is 1. The average Bonchev–Trinajstić information content (AvgIpc) is 2.65. The van der Waals surface area contributed by atoms with Gasteiger partial charge in [-0.25, -0.2) is 0 Å². The number of hydrogen-bond donors (Lipinski definition) is 1. The van der Waals surface area contributed by atoms with Crippen molar-refractivity contribution in [2.45, 2.75) is 13.0 Å². The maximum Gasteiger partial charge on any atom is 0.0577 e. The summed E-state index contributed by atoms with van der Waals surface area (Å²) in [7, 11) is 0. The van der Waals surface area contributed by atoms with Crippen molar-refractivity contribution < 1.29 is 0 Å². The molecule has 3 heteroatoms. The predicted molar refractivity (Wildman–Crippen MR) is 59.3 cm³/mol. The molecule has 2 nitrogen and oxygen atoms in total. The molecule has 0 fully saturated rings. The van der Waals surface area contributed by atoms with E-state index in [1.807, 2.05) is 18.3 Å². The molecule has 0 bridgehead atoms. The zero-order chi connectivity index (χ0) is 9.97. The van der Waals surface area contributed by atoms with Crippen molar-refractivity contribution in [1.82, 2.24) is 4.98 Å². The summed E-state index contributed by atoms with van der Waals surface area (Å²) in [5, 5.41) is 2.07. The highest BCUT2D eigenvalue weighted by Crippen LogP contribution is 2.25. The molecule has 0 aliphatic heterocycles. The van der Waals surface area contributed by atoms with E-state index in [4.69, 9.17) is 5.73 Å². The summed E-state index contributed by atoms with van der Waals surface area (Å²) >= 11 is 1.73. The lowest BCUT2D eigenvalue weighted by atomic mass is 10.0. The maximum atomic E-state index is 6.13. The van der Waals surface area contributed by atoms with Crippen molar-refractivity contribution in [3.8, 4) is 0 Å². The molecule has 0 radical (unpaired) electrons. The van der Waals surface area contributed by atoms with Crippen LogP contribution < -0.4 is 5.73 Å². The lowest BCUT2D eigenvalue weighted by Gasteiger charge is -2.10. The lowest BCUT2D eigenvalue weighted by molar-refractivity contribution is 0.861. The molecule has 2 aromatic rings. The van der Waals surface area contributed by atoms with Gasteiger partial charge < -0.3 is 5.73 Å². The van der Waals surface area contributed by atoms with E-state index in [1.54, 1.807) is 17.5 Å². The summed E-state index contributed by atoms with van der Waals surface area (Å²) in [6, 6.07) is 5.96. The monoisotopic (exact) mass is 204 g/mol. The van der Waals surface area contributed by atoms with Crippen molar-refractivity contribution >= 4 is 11.3 Å². The Morgan fingerprint density at radius 2 is 2.29 bits per heavy atom. The van der Waals surface area contributed by atoms with Crippen LogP contribution in [0.5, 0.6) is 0 Å². The molecule has 2 aromatic heterocycles. The smallest absolute Gasteiger partial charge is 0.0577 e. The van der Waals surface area contributed by atoms with Gasteiger partial charge in [0.25, 0.3) is 0 Å². The van der Waals surface area contributed by atoms with E-state index < -0.39 is 0 Å². The van der Waals surface area contributed by atoms with Crippen LogP contribution >= 0.6 is 11.3 Å². The van der Waals surface area contributed by atoms with Gasteiger partial charge in [-0.3, -0.25) is 4.98 Å². The Hall–Kier alpha value is -1.19. The molecule has 1 atom stereocenters. The van der Waals surface area contributed by atoms with Gasteiger partial charge in [-0.05, 0) is 35.6 Å². The van der Waals surface area contributed by atoms with Gasteiger partial charge in [-0.2, -0.15) is 0 Å². The van der Waals surface area contributed by atoms with Gasteiger partial charge in [-0.15, -0.1) is 11.3 Å². The number of aromatic nitrogens is 1. The highest BCUT2D eigenvalue weighted by atomic mass is 32.1. The predicted octanol–water partition coefficient (Wildman–Crippen LogP) is 2.50. The first kappa shape index (κ1) is 9.37. The minimum atomic E-state index is -0.0463. The van der Waals surface area contributed by atoms with Crippen molar-refractivity contribution in [2.75, 3.05) is 0 Å². The van der Waals surface area contributed by atoms with Crippen LogP contribution in [-0.2, 0) is 0 Å². The molecule has 0 saturated heterocycles. The lowest BCUT2D eigenvalue weighted by Crippen LogP contribution is -2.11. The number of nitrogens with zero attached hydrogens (tertiary/aromatic N) is 1. The van der Waals surface area contributed by atoms with Crippen LogP contribution in [0, 0.1) is 6.92 Å². The Balaban J connectivity index is 2.34. The molecule has 2 N–H and O–H groups in total. The van der Waals surface area contributed by atoms with Gasteiger partial charge >= 0.3 is 0 Å². The Labute approximate surface area is 87.4 Å². The third-order valence-electron chi connectivity index (χ3n) is 2.28. The number of pyridine rings is 1. The molecule has 0 amide bonds. The second-order valence-corrected chi connectivity index (χ2v) is 4.32. The largest absolute Gasteiger partial charge is 0.320 e. The fourth-order valence-electron chi connectivity index (χ4n) is 1.46. The molecule has 0 aromatic carbocycles. The van der Waals surface area contributed by atoms with Crippen LogP contribution in [0.4, 0.5) is 0 Å². The molecule has 14 heavy (non-hydrogen) atoms. The molecule has 1 unspecified atom stereocenters. The first-order valence-electron chi connectivity index (χ1n) is 4.48. The van der Waals surface area contributed by atoms with Crippen LogP contribution in [0.1, 0.15) is 22.0 Å². The summed E-state index contributed by atoms with van der Waals surface area (Å²) in [6.07, 6.45) is 3.58. The molecule has 72 valence electrons. The van der Waals surface area contributed by atoms with Gasteiger partial charge in [0.2, 0.25) is 0 Å². The van der Waals surface area contributed by atoms with Crippen molar-refractivity contribution in [1.29, 1.82) is 0 Å². The highest BCUT2D eigenvalue weighted by Gasteiger charge is 2.11. The maximum absolute atomic E-state index is 6.13. The highest BCUT2D eigenvalue weighted by molar-refractivity contribution is 7.10. The minimum Gasteiger partial charge on any atom is -0.320 e. The van der Waals surface area contributed by atoms with E-state index in [0.29, 0.717) is 0 Å². The third-order valence-corrected chi connectivity index (χ3v) is 3.14. The van der Waals surface area contributed by atoms with Crippen LogP contribution in [0.2, 0.25) is 0 Å². The second-order valence-electron chi connectivity index (χ2n) is 3.20. The quantitative estimate of drug-likeness (QED) is 0.816. The van der Waals surface area contributed by atoms with Gasteiger partial charge in [0.05, 0.1) is 6.04 Å². The summed E-state index contributed by atoms with van der Waals surface area (Å²) in [6.45, 7) is 2.09. The molecule has 0 aliphatic carbocycles. The third kappa shape index (κ3) is 1.69. The summed E-state index contributed by atoms with van der Waals surface area (Å²) < 4.78 is 0. The zero-order valence-corrected chi connectivity index (χ0v) is 8.79. The van der Waals surface area contributed by atoms with Crippen LogP contribution in [0.15, 0.2) is 36.0 Å². The summed E-state index contributed by atoms with van der Waals surface area (Å²) in [5.74, 6) is 0. The minimum absolute atomic E-state index is 0.0463. The fraction of sp³-hybridized carbons (Fsp3) is 0.182. The summed E-state index contributed by atoms with van der Waals surface area (Å²) in [5.41, 5.74) is 8.39. The SMILES string of the molecule is Cc1sccc1C(N)c1cccnc1. The molecule has 0 spiro atoms. The van der Waals surface area contributed by atoms with Crippen LogP contribution in [-0.4, -0.2) is 4.98 Å². The van der Waals surface area contributed by atoms with Gasteiger partial charge in [-0.1, -0.05) is 6.07 Å². The molecule has 0 aliphatic rings. The zero-order valence-electron chi connectivity index (χ0n) is 7.97. The van der Waals surface area contributed by atoms with E-state index >= 15 is 0 Å². The van der Waals surface area contributed by atoms with Gasteiger partial charge in [0.15, 0.2) is 0 Å².